The van der Waals surface area contributed by atoms with E-state index in [0.717, 1.165) is 16.7 Å². The molecule has 0 saturated heterocycles. The van der Waals surface area contributed by atoms with Crippen LogP contribution < -0.4 is 15.3 Å². The van der Waals surface area contributed by atoms with E-state index in [1.165, 1.54) is 30.8 Å². The Kier molecular flexibility index (Phi) is 16.1. The Morgan fingerprint density at radius 2 is 0.944 bits per heavy atom. The van der Waals surface area contributed by atoms with E-state index in [4.69, 9.17) is 0 Å². The zero-order valence-corrected chi connectivity index (χ0v) is 24.2. The summed E-state index contributed by atoms with van der Waals surface area (Å²) < 4.78 is 1.61. The summed E-state index contributed by atoms with van der Waals surface area (Å²) in [4.78, 5) is 0. The van der Waals surface area contributed by atoms with Gasteiger partial charge in [-0.05, 0) is 19.3 Å². The van der Waals surface area contributed by atoms with Gasteiger partial charge in [-0.2, -0.15) is 0 Å². The van der Waals surface area contributed by atoms with Crippen molar-refractivity contribution < 1.29 is 39.7 Å². The van der Waals surface area contributed by atoms with E-state index in [-0.39, 0.29) is 17.2 Å². The van der Waals surface area contributed by atoms with Gasteiger partial charge in [0.15, 0.2) is 0 Å². The van der Waals surface area contributed by atoms with Gasteiger partial charge in [0.1, 0.15) is 0 Å². The van der Waals surface area contributed by atoms with Gasteiger partial charge in [-0.1, -0.05) is 108 Å². The SMILES string of the molecule is C=CCc1ccccc1[O-].C=CCc1ccccc1[O-].C=CCc1ccccc1[O-].[Hf+3][C]1=CC=CC1. The molecule has 0 amide bonds. The second-order valence-electron chi connectivity index (χ2n) is 7.63. The maximum absolute atomic E-state index is 11.0. The third kappa shape index (κ3) is 12.9. The van der Waals surface area contributed by atoms with Crippen molar-refractivity contribution in [1.29, 1.82) is 0 Å². The van der Waals surface area contributed by atoms with E-state index in [0.29, 0.717) is 19.3 Å². The van der Waals surface area contributed by atoms with Crippen LogP contribution in [-0.4, -0.2) is 0 Å². The first kappa shape index (κ1) is 30.7. The predicted octanol–water partition coefficient (Wildman–Crippen LogP) is 5.84. The first-order valence-corrected chi connectivity index (χ1v) is 13.4. The minimum atomic E-state index is 0.0994. The monoisotopic (exact) mass is 644 g/mol. The number of allylic oxidation sites excluding steroid dienone is 7. The average molecular weight is 643 g/mol. The summed E-state index contributed by atoms with van der Waals surface area (Å²) >= 11 is 1.25. The summed E-state index contributed by atoms with van der Waals surface area (Å²) in [5.74, 6) is 0.298. The van der Waals surface area contributed by atoms with Crippen molar-refractivity contribution in [3.8, 4) is 17.2 Å². The fraction of sp³-hybridized carbons (Fsp3) is 0.125. The van der Waals surface area contributed by atoms with Gasteiger partial charge < -0.3 is 15.3 Å². The molecule has 1 aliphatic rings. The van der Waals surface area contributed by atoms with Crippen molar-refractivity contribution in [2.45, 2.75) is 25.7 Å². The Bertz CT molecular complexity index is 1020. The van der Waals surface area contributed by atoms with Gasteiger partial charge in [0.05, 0.1) is 0 Å². The molecule has 0 atom stereocenters. The van der Waals surface area contributed by atoms with Crippen molar-refractivity contribution in [2.24, 2.45) is 0 Å². The molecule has 0 spiro atoms. The molecule has 0 N–H and O–H groups in total. The first-order chi connectivity index (χ1) is 17.4. The molecule has 0 bridgehead atoms. The van der Waals surface area contributed by atoms with Gasteiger partial charge in [0.25, 0.3) is 0 Å². The Hall–Kier alpha value is -3.37. The number of hydrogen-bond donors (Lipinski definition) is 0. The summed E-state index contributed by atoms with van der Waals surface area (Å²) in [7, 11) is 0. The van der Waals surface area contributed by atoms with Crippen LogP contribution >= 0.6 is 0 Å². The van der Waals surface area contributed by atoms with Crippen LogP contribution in [0.15, 0.2) is 132 Å². The molecule has 0 unspecified atom stereocenters. The Morgan fingerprint density at radius 3 is 1.14 bits per heavy atom. The molecule has 0 saturated carbocycles. The topological polar surface area (TPSA) is 69.2 Å². The molecule has 0 fully saturated rings. The molecule has 0 aromatic heterocycles. The summed E-state index contributed by atoms with van der Waals surface area (Å²) in [6, 6.07) is 21.0. The van der Waals surface area contributed by atoms with Crippen molar-refractivity contribution in [3.63, 3.8) is 0 Å². The van der Waals surface area contributed by atoms with Gasteiger partial charge in [0, 0.05) is 0 Å². The summed E-state index contributed by atoms with van der Waals surface area (Å²) in [5, 5.41) is 32.9. The van der Waals surface area contributed by atoms with E-state index in [9.17, 15) is 15.3 Å². The van der Waals surface area contributed by atoms with Crippen LogP contribution in [0.3, 0.4) is 0 Å². The second-order valence-corrected chi connectivity index (χ2v) is 9.93. The molecule has 182 valence electrons. The normalized spacial score (nSPS) is 10.8. The summed E-state index contributed by atoms with van der Waals surface area (Å²) in [6.45, 7) is 10.7. The Balaban J connectivity index is 0.000000244. The quantitative estimate of drug-likeness (QED) is 0.251. The minimum absolute atomic E-state index is 0.0994. The Labute approximate surface area is 230 Å². The van der Waals surface area contributed by atoms with E-state index in [1.54, 1.807) is 58.0 Å². The molecule has 3 aromatic rings. The average Bonchev–Trinajstić information content (AvgIpc) is 3.36. The van der Waals surface area contributed by atoms with Crippen molar-refractivity contribution >= 4 is 0 Å². The van der Waals surface area contributed by atoms with Gasteiger partial charge in [-0.15, -0.1) is 37.0 Å². The molecular formula is C32H32HfO3. The van der Waals surface area contributed by atoms with Gasteiger partial charge in [-0.3, -0.25) is 0 Å². The molecule has 4 heteroatoms. The molecule has 0 aliphatic heterocycles. The van der Waals surface area contributed by atoms with Crippen LogP contribution in [0.1, 0.15) is 23.1 Å². The van der Waals surface area contributed by atoms with Crippen molar-refractivity contribution in [2.75, 3.05) is 0 Å². The number of para-hydroxylation sites is 3. The number of hydrogen-bond acceptors (Lipinski definition) is 3. The molecule has 0 heterocycles. The fourth-order valence-corrected chi connectivity index (χ4v) is 3.70. The third-order valence-electron chi connectivity index (χ3n) is 4.78. The molecule has 1 aliphatic carbocycles. The fourth-order valence-electron chi connectivity index (χ4n) is 2.93. The van der Waals surface area contributed by atoms with Crippen molar-refractivity contribution in [3.05, 3.63) is 149 Å². The molecule has 0 radical (unpaired) electrons. The first-order valence-electron chi connectivity index (χ1n) is 11.6. The van der Waals surface area contributed by atoms with Crippen LogP contribution in [0.25, 0.3) is 0 Å². The van der Waals surface area contributed by atoms with Gasteiger partial charge in [-0.25, -0.2) is 0 Å². The Morgan fingerprint density at radius 1 is 0.611 bits per heavy atom. The van der Waals surface area contributed by atoms with Crippen LogP contribution in [0.2, 0.25) is 0 Å². The van der Waals surface area contributed by atoms with Crippen LogP contribution in [0.5, 0.6) is 17.2 Å². The van der Waals surface area contributed by atoms with E-state index >= 15 is 0 Å². The van der Waals surface area contributed by atoms with E-state index in [1.807, 2.05) is 36.4 Å². The second kappa shape index (κ2) is 18.9. The van der Waals surface area contributed by atoms with E-state index in [2.05, 4.69) is 38.0 Å². The molecule has 4 rings (SSSR count). The zero-order valence-electron chi connectivity index (χ0n) is 20.6. The zero-order chi connectivity index (χ0) is 26.6. The molecule has 3 nitrogen and oxygen atoms in total. The number of benzene rings is 3. The predicted molar refractivity (Wildman–Crippen MR) is 141 cm³/mol. The van der Waals surface area contributed by atoms with Gasteiger partial charge in [0.2, 0.25) is 0 Å². The van der Waals surface area contributed by atoms with Gasteiger partial charge >= 0.3 is 52.4 Å². The number of rotatable bonds is 6. The van der Waals surface area contributed by atoms with Crippen LogP contribution in [0.4, 0.5) is 0 Å². The van der Waals surface area contributed by atoms with Crippen LogP contribution in [-0.2, 0) is 43.6 Å². The molecule has 3 aromatic carbocycles. The standard InChI is InChI=1S/3C9H10O.C5H5.Hf/c3*1-2-5-8-6-3-4-7-9(8)10;1-2-4-5-3-1;/h3*2-4,6-7,10H,1,5H2;1-3H,4H2;/q;;;;+3/p-3. The van der Waals surface area contributed by atoms with E-state index < -0.39 is 0 Å². The molecule has 36 heavy (non-hydrogen) atoms. The summed E-state index contributed by atoms with van der Waals surface area (Å²) in [5.41, 5.74) is 2.45. The summed E-state index contributed by atoms with van der Waals surface area (Å²) in [6.07, 6.45) is 15.0. The van der Waals surface area contributed by atoms with Crippen LogP contribution in [0, 0.1) is 0 Å². The maximum atomic E-state index is 11.0. The van der Waals surface area contributed by atoms with Crippen molar-refractivity contribution in [1.82, 2.24) is 0 Å². The molecular weight excluding hydrogens is 611 g/mol. The third-order valence-corrected chi connectivity index (χ3v) is 6.11.